The monoisotopic (exact) mass is 387 g/mol. The number of rotatable bonds is 6. The maximum atomic E-state index is 13.8. The minimum absolute atomic E-state index is 0.281. The van der Waals surface area contributed by atoms with Crippen molar-refractivity contribution in [2.24, 2.45) is 0 Å². The van der Waals surface area contributed by atoms with Gasteiger partial charge in [0.1, 0.15) is 5.82 Å². The van der Waals surface area contributed by atoms with Crippen LogP contribution in [0.25, 0.3) is 10.6 Å². The molecule has 0 radical (unpaired) electrons. The molecule has 0 unspecified atom stereocenters. The largest absolute Gasteiger partial charge is 0.355 e. The number of hydrogen-bond acceptors (Lipinski definition) is 7. The zero-order valence-electron chi connectivity index (χ0n) is 13.5. The Bertz CT molecular complexity index is 1010. The van der Waals surface area contributed by atoms with Crippen LogP contribution in [0.2, 0.25) is 0 Å². The lowest BCUT2D eigenvalue weighted by Crippen LogP contribution is -2.14. The molecule has 0 saturated carbocycles. The quantitative estimate of drug-likeness (QED) is 0.401. The molecule has 6 nitrogen and oxygen atoms in total. The highest BCUT2D eigenvalue weighted by atomic mass is 32.2. The van der Waals surface area contributed by atoms with E-state index in [9.17, 15) is 4.39 Å². The summed E-state index contributed by atoms with van der Waals surface area (Å²) >= 11 is 2.99. The molecule has 4 rings (SSSR count). The third-order valence-corrected chi connectivity index (χ3v) is 5.57. The molecule has 2 N–H and O–H groups in total. The van der Waals surface area contributed by atoms with Crippen molar-refractivity contribution in [1.82, 2.24) is 20.0 Å². The van der Waals surface area contributed by atoms with Gasteiger partial charge in [-0.2, -0.15) is 0 Å². The molecule has 1 aromatic carbocycles. The molecule has 0 amide bonds. The van der Waals surface area contributed by atoms with E-state index in [1.807, 2.05) is 23.6 Å². The Labute approximate surface area is 156 Å². The second kappa shape index (κ2) is 7.30. The molecule has 3 heterocycles. The van der Waals surface area contributed by atoms with E-state index in [0.717, 1.165) is 16.3 Å². The van der Waals surface area contributed by atoms with Gasteiger partial charge < -0.3 is 10.4 Å². The number of nitrogen functional groups attached to an aromatic ring is 1. The normalized spacial score (nSPS) is 11.1. The van der Waals surface area contributed by atoms with Crippen molar-refractivity contribution >= 4 is 23.1 Å². The maximum absolute atomic E-state index is 13.8. The van der Waals surface area contributed by atoms with Crippen LogP contribution in [0, 0.1) is 5.82 Å². The van der Waals surface area contributed by atoms with E-state index in [4.69, 9.17) is 10.4 Å². The number of hydrogen-bond donors (Lipinski definition) is 1. The Kier molecular flexibility index (Phi) is 4.72. The van der Waals surface area contributed by atoms with E-state index >= 15 is 0 Å². The molecule has 0 fully saturated rings. The van der Waals surface area contributed by atoms with E-state index in [1.54, 1.807) is 29.5 Å². The van der Waals surface area contributed by atoms with Gasteiger partial charge in [-0.05, 0) is 23.1 Å². The molecule has 0 spiro atoms. The summed E-state index contributed by atoms with van der Waals surface area (Å²) in [6.07, 6.45) is 0.281. The van der Waals surface area contributed by atoms with Crippen LogP contribution in [0.3, 0.4) is 0 Å². The lowest BCUT2D eigenvalue weighted by molar-refractivity contribution is 0.427. The topological polar surface area (TPSA) is 82.8 Å². The lowest BCUT2D eigenvalue weighted by atomic mass is 10.1. The van der Waals surface area contributed by atoms with Crippen LogP contribution in [-0.2, 0) is 12.2 Å². The molecule has 9 heteroatoms. The lowest BCUT2D eigenvalue weighted by Gasteiger charge is -2.04. The number of aromatic nitrogens is 4. The standard InChI is InChI=1S/C17H14FN5OS2/c18-13-5-2-1-4-11(13)8-16-20-21-17(23(16)19)26-10-12-9-14(24-22-12)15-6-3-7-25-15/h1-7,9H,8,10,19H2. The van der Waals surface area contributed by atoms with Crippen molar-refractivity contribution in [3.8, 4) is 10.6 Å². The average Bonchev–Trinajstić information content (AvgIpc) is 3.38. The highest BCUT2D eigenvalue weighted by molar-refractivity contribution is 7.98. The zero-order valence-corrected chi connectivity index (χ0v) is 15.1. The SMILES string of the molecule is Nn1c(Cc2ccccc2F)nnc1SCc1cc(-c2cccs2)on1. The summed E-state index contributed by atoms with van der Waals surface area (Å²) < 4.78 is 20.5. The average molecular weight is 387 g/mol. The molecule has 0 aliphatic rings. The predicted molar refractivity (Wildman–Crippen MR) is 98.8 cm³/mol. The first-order chi connectivity index (χ1) is 12.7. The molecular formula is C17H14FN5OS2. The smallest absolute Gasteiger partial charge is 0.210 e. The third kappa shape index (κ3) is 3.49. The summed E-state index contributed by atoms with van der Waals surface area (Å²) in [6.45, 7) is 0. The van der Waals surface area contributed by atoms with E-state index in [-0.39, 0.29) is 12.2 Å². The molecule has 4 aromatic rings. The van der Waals surface area contributed by atoms with Crippen LogP contribution in [0.4, 0.5) is 4.39 Å². The Balaban J connectivity index is 1.43. The second-order valence-electron chi connectivity index (χ2n) is 5.49. The summed E-state index contributed by atoms with van der Waals surface area (Å²) in [6, 6.07) is 12.4. The van der Waals surface area contributed by atoms with Crippen LogP contribution < -0.4 is 5.84 Å². The summed E-state index contributed by atoms with van der Waals surface area (Å²) in [5.74, 6) is 7.55. The van der Waals surface area contributed by atoms with Crippen LogP contribution in [0.5, 0.6) is 0 Å². The van der Waals surface area contributed by atoms with Gasteiger partial charge in [0.05, 0.1) is 10.6 Å². The van der Waals surface area contributed by atoms with E-state index in [1.165, 1.54) is 22.5 Å². The van der Waals surface area contributed by atoms with Crippen LogP contribution in [0.1, 0.15) is 17.1 Å². The van der Waals surface area contributed by atoms with Gasteiger partial charge in [0, 0.05) is 18.2 Å². The van der Waals surface area contributed by atoms with Gasteiger partial charge in [0.25, 0.3) is 0 Å². The second-order valence-corrected chi connectivity index (χ2v) is 7.38. The van der Waals surface area contributed by atoms with Gasteiger partial charge in [-0.15, -0.1) is 21.5 Å². The molecule has 0 saturated heterocycles. The Morgan fingerprint density at radius 3 is 2.88 bits per heavy atom. The Hall–Kier alpha value is -2.65. The number of benzene rings is 1. The van der Waals surface area contributed by atoms with Gasteiger partial charge in [-0.1, -0.05) is 41.2 Å². The summed E-state index contributed by atoms with van der Waals surface area (Å²) in [5, 5.41) is 14.7. The third-order valence-electron chi connectivity index (χ3n) is 3.71. The van der Waals surface area contributed by atoms with Gasteiger partial charge in [0.15, 0.2) is 11.6 Å². The van der Waals surface area contributed by atoms with Crippen molar-refractivity contribution in [3.63, 3.8) is 0 Å². The van der Waals surface area contributed by atoms with E-state index < -0.39 is 0 Å². The molecule has 0 bridgehead atoms. The predicted octanol–water partition coefficient (Wildman–Crippen LogP) is 3.73. The van der Waals surface area contributed by atoms with Crippen molar-refractivity contribution in [1.29, 1.82) is 0 Å². The van der Waals surface area contributed by atoms with Crippen molar-refractivity contribution in [2.45, 2.75) is 17.3 Å². The molecule has 132 valence electrons. The zero-order chi connectivity index (χ0) is 17.9. The number of thioether (sulfide) groups is 1. The van der Waals surface area contributed by atoms with Crippen molar-refractivity contribution < 1.29 is 8.91 Å². The number of nitrogens with zero attached hydrogens (tertiary/aromatic N) is 4. The summed E-state index contributed by atoms with van der Waals surface area (Å²) in [4.78, 5) is 1.03. The van der Waals surface area contributed by atoms with Crippen molar-refractivity contribution in [3.05, 3.63) is 70.7 Å². The van der Waals surface area contributed by atoms with Gasteiger partial charge in [-0.3, -0.25) is 0 Å². The summed E-state index contributed by atoms with van der Waals surface area (Å²) in [7, 11) is 0. The van der Waals surface area contributed by atoms with Crippen LogP contribution in [0.15, 0.2) is 57.5 Å². The molecule has 0 atom stereocenters. The molecule has 3 aromatic heterocycles. The van der Waals surface area contributed by atoms with Crippen molar-refractivity contribution in [2.75, 3.05) is 5.84 Å². The van der Waals surface area contributed by atoms with E-state index in [0.29, 0.717) is 22.3 Å². The van der Waals surface area contributed by atoms with Crippen LogP contribution in [-0.4, -0.2) is 20.0 Å². The fourth-order valence-corrected chi connectivity index (χ4v) is 3.82. The number of nitrogens with two attached hydrogens (primary N) is 1. The van der Waals surface area contributed by atoms with Gasteiger partial charge >= 0.3 is 0 Å². The fraction of sp³-hybridized carbons (Fsp3) is 0.118. The Morgan fingerprint density at radius 2 is 2.08 bits per heavy atom. The summed E-state index contributed by atoms with van der Waals surface area (Å²) in [5.41, 5.74) is 1.32. The molecule has 26 heavy (non-hydrogen) atoms. The minimum Gasteiger partial charge on any atom is -0.355 e. The first kappa shape index (κ1) is 16.8. The highest BCUT2D eigenvalue weighted by Crippen LogP contribution is 2.27. The van der Waals surface area contributed by atoms with E-state index in [2.05, 4.69) is 15.4 Å². The minimum atomic E-state index is -0.284. The first-order valence-electron chi connectivity index (χ1n) is 7.76. The maximum Gasteiger partial charge on any atom is 0.210 e. The highest BCUT2D eigenvalue weighted by Gasteiger charge is 2.14. The Morgan fingerprint density at radius 1 is 1.19 bits per heavy atom. The molecule has 0 aliphatic carbocycles. The molecular weight excluding hydrogens is 373 g/mol. The van der Waals surface area contributed by atoms with Gasteiger partial charge in [0.2, 0.25) is 5.16 Å². The molecule has 0 aliphatic heterocycles. The van der Waals surface area contributed by atoms with Crippen LogP contribution >= 0.6 is 23.1 Å². The van der Waals surface area contributed by atoms with Gasteiger partial charge in [-0.25, -0.2) is 9.07 Å². The number of thiophene rings is 1. The number of halogens is 1. The fourth-order valence-electron chi connectivity index (χ4n) is 2.39. The first-order valence-corrected chi connectivity index (χ1v) is 9.62.